The number of hydrogen-bond acceptors (Lipinski definition) is 3. The van der Waals surface area contributed by atoms with Crippen LogP contribution in [0, 0.1) is 0 Å². The fourth-order valence-electron chi connectivity index (χ4n) is 2.46. The Labute approximate surface area is 108 Å². The van der Waals surface area contributed by atoms with Crippen LogP contribution < -0.4 is 5.32 Å². The zero-order valence-electron chi connectivity index (χ0n) is 11.3. The average molecular weight is 247 g/mol. The first kappa shape index (κ1) is 13.0. The highest BCUT2D eigenvalue weighted by molar-refractivity contribution is 5.85. The predicted molar refractivity (Wildman–Crippen MR) is 70.9 cm³/mol. The number of carbonyl (C=O) groups is 1. The van der Waals surface area contributed by atoms with E-state index < -0.39 is 5.54 Å². The fourth-order valence-corrected chi connectivity index (χ4v) is 2.46. The van der Waals surface area contributed by atoms with Gasteiger partial charge in [-0.15, -0.1) is 0 Å². The van der Waals surface area contributed by atoms with E-state index in [1.54, 1.807) is 6.20 Å². The fraction of sp³-hybridized carbons (Fsp3) is 0.571. The van der Waals surface area contributed by atoms with Gasteiger partial charge in [0.2, 0.25) is 5.91 Å². The molecule has 1 amide bonds. The number of amides is 1. The van der Waals surface area contributed by atoms with E-state index in [1.165, 1.54) is 0 Å². The number of nitrogens with one attached hydrogen (secondary N) is 1. The van der Waals surface area contributed by atoms with Crippen molar-refractivity contribution in [3.63, 3.8) is 0 Å². The molecule has 1 atom stereocenters. The lowest BCUT2D eigenvalue weighted by atomic mass is 10.0. The van der Waals surface area contributed by atoms with E-state index in [9.17, 15) is 4.79 Å². The van der Waals surface area contributed by atoms with E-state index in [4.69, 9.17) is 0 Å². The number of hydrogen-bond donors (Lipinski definition) is 1. The van der Waals surface area contributed by atoms with Crippen LogP contribution in [0.4, 0.5) is 0 Å². The minimum atomic E-state index is -0.488. The monoisotopic (exact) mass is 247 g/mol. The van der Waals surface area contributed by atoms with E-state index in [0.717, 1.165) is 18.5 Å². The first-order chi connectivity index (χ1) is 8.49. The highest BCUT2D eigenvalue weighted by Gasteiger charge is 2.35. The Morgan fingerprint density at radius 1 is 1.56 bits per heavy atom. The summed E-state index contributed by atoms with van der Waals surface area (Å²) in [4.78, 5) is 18.5. The molecular formula is C14H21N3O. The van der Waals surface area contributed by atoms with Crippen molar-refractivity contribution in [2.24, 2.45) is 0 Å². The van der Waals surface area contributed by atoms with Crippen LogP contribution in [-0.4, -0.2) is 33.9 Å². The molecule has 0 aromatic carbocycles. The first-order valence-electron chi connectivity index (χ1n) is 6.45. The number of rotatable bonds is 2. The van der Waals surface area contributed by atoms with Crippen molar-refractivity contribution < 1.29 is 4.79 Å². The molecular weight excluding hydrogens is 226 g/mol. The average Bonchev–Trinajstić information content (AvgIpc) is 2.42. The molecule has 0 radical (unpaired) electrons. The third kappa shape index (κ3) is 2.88. The van der Waals surface area contributed by atoms with Gasteiger partial charge in [0.05, 0.1) is 5.54 Å². The number of pyridine rings is 1. The van der Waals surface area contributed by atoms with Gasteiger partial charge in [-0.05, 0) is 38.8 Å². The van der Waals surface area contributed by atoms with Crippen LogP contribution in [0.5, 0.6) is 0 Å². The Bertz CT molecular complexity index is 416. The standard InChI is InChI=1S/C14H21N3O/c1-11-6-8-17(13(18)14(2,3)16-11)10-12-5-4-7-15-9-12/h4-5,7,9,11,16H,6,8,10H2,1-3H3. The van der Waals surface area contributed by atoms with E-state index >= 15 is 0 Å². The summed E-state index contributed by atoms with van der Waals surface area (Å²) in [5.41, 5.74) is 0.592. The van der Waals surface area contributed by atoms with Gasteiger partial charge in [0, 0.05) is 31.5 Å². The summed E-state index contributed by atoms with van der Waals surface area (Å²) in [5.74, 6) is 0.163. The Balaban J connectivity index is 2.14. The van der Waals surface area contributed by atoms with E-state index in [2.05, 4.69) is 17.2 Å². The molecule has 1 fully saturated rings. The number of nitrogens with zero attached hydrogens (tertiary/aromatic N) is 2. The Hall–Kier alpha value is -1.42. The molecule has 1 aromatic rings. The van der Waals surface area contributed by atoms with Gasteiger partial charge < -0.3 is 10.2 Å². The molecule has 4 nitrogen and oxygen atoms in total. The number of carbonyl (C=O) groups excluding carboxylic acids is 1. The normalized spacial score (nSPS) is 23.8. The molecule has 0 bridgehead atoms. The molecule has 4 heteroatoms. The molecule has 1 aliphatic rings. The molecule has 1 aliphatic heterocycles. The molecule has 0 spiro atoms. The highest BCUT2D eigenvalue weighted by Crippen LogP contribution is 2.17. The van der Waals surface area contributed by atoms with Crippen molar-refractivity contribution in [3.8, 4) is 0 Å². The SMILES string of the molecule is CC1CCN(Cc2cccnc2)C(=O)C(C)(C)N1. The lowest BCUT2D eigenvalue weighted by molar-refractivity contribution is -0.136. The Kier molecular flexibility index (Phi) is 3.66. The van der Waals surface area contributed by atoms with Gasteiger partial charge in [-0.1, -0.05) is 6.07 Å². The zero-order chi connectivity index (χ0) is 13.2. The van der Waals surface area contributed by atoms with Crippen molar-refractivity contribution >= 4 is 5.91 Å². The Morgan fingerprint density at radius 3 is 3.00 bits per heavy atom. The van der Waals surface area contributed by atoms with Crippen molar-refractivity contribution in [2.75, 3.05) is 6.54 Å². The van der Waals surface area contributed by atoms with Gasteiger partial charge in [0.1, 0.15) is 0 Å². The second-order valence-corrected chi connectivity index (χ2v) is 5.55. The van der Waals surface area contributed by atoms with Crippen LogP contribution in [0.1, 0.15) is 32.8 Å². The number of aromatic nitrogens is 1. The maximum atomic E-state index is 12.5. The molecule has 2 heterocycles. The summed E-state index contributed by atoms with van der Waals surface area (Å²) < 4.78 is 0. The lowest BCUT2D eigenvalue weighted by Gasteiger charge is -2.29. The highest BCUT2D eigenvalue weighted by atomic mass is 16.2. The van der Waals surface area contributed by atoms with Crippen molar-refractivity contribution in [1.29, 1.82) is 0 Å². The van der Waals surface area contributed by atoms with E-state index in [0.29, 0.717) is 12.6 Å². The predicted octanol–water partition coefficient (Wildman–Crippen LogP) is 1.57. The molecule has 18 heavy (non-hydrogen) atoms. The summed E-state index contributed by atoms with van der Waals surface area (Å²) in [5, 5.41) is 3.38. The summed E-state index contributed by atoms with van der Waals surface area (Å²) in [7, 11) is 0. The minimum absolute atomic E-state index is 0.163. The third-order valence-corrected chi connectivity index (χ3v) is 3.36. The van der Waals surface area contributed by atoms with Gasteiger partial charge in [0.25, 0.3) is 0 Å². The molecule has 1 unspecified atom stereocenters. The quantitative estimate of drug-likeness (QED) is 0.863. The van der Waals surface area contributed by atoms with Crippen molar-refractivity contribution in [2.45, 2.75) is 45.3 Å². The molecule has 1 saturated heterocycles. The summed E-state index contributed by atoms with van der Waals surface area (Å²) >= 11 is 0. The largest absolute Gasteiger partial charge is 0.337 e. The first-order valence-corrected chi connectivity index (χ1v) is 6.45. The molecule has 2 rings (SSSR count). The van der Waals surface area contributed by atoms with E-state index in [1.807, 2.05) is 37.1 Å². The van der Waals surface area contributed by atoms with Gasteiger partial charge in [-0.3, -0.25) is 9.78 Å². The summed E-state index contributed by atoms with van der Waals surface area (Å²) in [6.45, 7) is 7.47. The molecule has 1 aromatic heterocycles. The van der Waals surface area contributed by atoms with Crippen LogP contribution in [0.25, 0.3) is 0 Å². The van der Waals surface area contributed by atoms with Gasteiger partial charge >= 0.3 is 0 Å². The van der Waals surface area contributed by atoms with Gasteiger partial charge in [-0.2, -0.15) is 0 Å². The summed E-state index contributed by atoms with van der Waals surface area (Å²) in [6.07, 6.45) is 4.55. The van der Waals surface area contributed by atoms with Crippen LogP contribution in [0.2, 0.25) is 0 Å². The molecule has 0 aliphatic carbocycles. The smallest absolute Gasteiger partial charge is 0.242 e. The van der Waals surface area contributed by atoms with Gasteiger partial charge in [0.15, 0.2) is 0 Å². The third-order valence-electron chi connectivity index (χ3n) is 3.36. The van der Waals surface area contributed by atoms with Crippen LogP contribution in [0.3, 0.4) is 0 Å². The van der Waals surface area contributed by atoms with Crippen molar-refractivity contribution in [1.82, 2.24) is 15.2 Å². The topological polar surface area (TPSA) is 45.2 Å². The second kappa shape index (κ2) is 5.06. The molecule has 0 saturated carbocycles. The maximum Gasteiger partial charge on any atom is 0.242 e. The minimum Gasteiger partial charge on any atom is -0.337 e. The van der Waals surface area contributed by atoms with Crippen LogP contribution in [-0.2, 0) is 11.3 Å². The lowest BCUT2D eigenvalue weighted by Crippen LogP contribution is -2.53. The zero-order valence-corrected chi connectivity index (χ0v) is 11.3. The molecule has 98 valence electrons. The Morgan fingerprint density at radius 2 is 2.33 bits per heavy atom. The molecule has 1 N–H and O–H groups in total. The second-order valence-electron chi connectivity index (χ2n) is 5.55. The maximum absolute atomic E-state index is 12.5. The van der Waals surface area contributed by atoms with E-state index in [-0.39, 0.29) is 5.91 Å². The van der Waals surface area contributed by atoms with Crippen LogP contribution >= 0.6 is 0 Å². The van der Waals surface area contributed by atoms with Gasteiger partial charge in [-0.25, -0.2) is 0 Å². The van der Waals surface area contributed by atoms with Crippen LogP contribution in [0.15, 0.2) is 24.5 Å². The van der Waals surface area contributed by atoms with Crippen molar-refractivity contribution in [3.05, 3.63) is 30.1 Å². The summed E-state index contributed by atoms with van der Waals surface area (Å²) in [6, 6.07) is 4.28.